The number of anilines is 1. The van der Waals surface area contributed by atoms with E-state index in [0.29, 0.717) is 28.5 Å². The zero-order valence-electron chi connectivity index (χ0n) is 13.3. The van der Waals surface area contributed by atoms with Crippen LogP contribution in [0.5, 0.6) is 0 Å². The average Bonchev–Trinajstić information content (AvgIpc) is 3.01. The fourth-order valence-corrected chi connectivity index (χ4v) is 3.55. The zero-order valence-corrected chi connectivity index (χ0v) is 14.1. The van der Waals surface area contributed by atoms with Crippen molar-refractivity contribution in [3.63, 3.8) is 0 Å². The molecular formula is C14H17N7O2S. The molecule has 2 heterocycles. The molecule has 0 saturated heterocycles. The summed E-state index contributed by atoms with van der Waals surface area (Å²) in [5.74, 6) is 0.556. The minimum Gasteiger partial charge on any atom is -0.367 e. The molecule has 0 atom stereocenters. The van der Waals surface area contributed by atoms with Crippen molar-refractivity contribution in [1.82, 2.24) is 30.0 Å². The Morgan fingerprint density at radius 3 is 2.79 bits per heavy atom. The van der Waals surface area contributed by atoms with E-state index in [0.717, 1.165) is 5.56 Å². The van der Waals surface area contributed by atoms with Crippen LogP contribution in [0, 0.1) is 13.8 Å². The largest absolute Gasteiger partial charge is 0.367 e. The van der Waals surface area contributed by atoms with Crippen molar-refractivity contribution >= 4 is 21.5 Å². The van der Waals surface area contributed by atoms with Crippen LogP contribution >= 0.6 is 0 Å². The van der Waals surface area contributed by atoms with Crippen LogP contribution < -0.4 is 10.0 Å². The highest BCUT2D eigenvalue weighted by molar-refractivity contribution is 7.89. The molecule has 0 amide bonds. The number of aryl methyl sites for hydroxylation is 2. The number of fused-ring (bicyclic) bond motifs is 1. The Kier molecular flexibility index (Phi) is 4.40. The molecule has 2 N–H and O–H groups in total. The molecule has 0 aliphatic rings. The highest BCUT2D eigenvalue weighted by Gasteiger charge is 2.16. The van der Waals surface area contributed by atoms with E-state index in [9.17, 15) is 8.42 Å². The first-order valence-corrected chi connectivity index (χ1v) is 8.80. The lowest BCUT2D eigenvalue weighted by molar-refractivity contribution is 0.582. The van der Waals surface area contributed by atoms with Crippen LogP contribution in [-0.2, 0) is 10.0 Å². The number of sulfonamides is 1. The second kappa shape index (κ2) is 6.49. The van der Waals surface area contributed by atoms with E-state index in [1.165, 1.54) is 4.63 Å². The van der Waals surface area contributed by atoms with Crippen LogP contribution in [0.2, 0.25) is 0 Å². The van der Waals surface area contributed by atoms with Crippen molar-refractivity contribution in [3.05, 3.63) is 41.5 Å². The SMILES string of the molecule is Cc1ccc(C)c(S(=O)(=O)NCCNc2ccc3nnnn3n2)c1. The standard InChI is InChI=1S/C14H17N7O2S/c1-10-3-4-11(2)12(9-10)24(22,23)16-8-7-15-13-5-6-14-17-19-20-21(14)18-13/h3-6,9,16H,7-8H2,1-2H3,(H,15,18). The number of hydrogen-bond donors (Lipinski definition) is 2. The summed E-state index contributed by atoms with van der Waals surface area (Å²) >= 11 is 0. The molecule has 24 heavy (non-hydrogen) atoms. The maximum absolute atomic E-state index is 12.4. The lowest BCUT2D eigenvalue weighted by atomic mass is 10.2. The summed E-state index contributed by atoms with van der Waals surface area (Å²) < 4.78 is 28.6. The van der Waals surface area contributed by atoms with Gasteiger partial charge in [0.25, 0.3) is 0 Å². The van der Waals surface area contributed by atoms with E-state index >= 15 is 0 Å². The Balaban J connectivity index is 1.60. The van der Waals surface area contributed by atoms with E-state index in [4.69, 9.17) is 0 Å². The Labute approximate surface area is 139 Å². The molecule has 2 aromatic heterocycles. The van der Waals surface area contributed by atoms with Gasteiger partial charge in [0.05, 0.1) is 4.90 Å². The summed E-state index contributed by atoms with van der Waals surface area (Å²) in [4.78, 5) is 0.302. The number of hydrogen-bond acceptors (Lipinski definition) is 7. The van der Waals surface area contributed by atoms with E-state index < -0.39 is 10.0 Å². The van der Waals surface area contributed by atoms with Gasteiger partial charge in [-0.15, -0.1) is 14.8 Å². The lowest BCUT2D eigenvalue weighted by Gasteiger charge is -2.11. The molecule has 0 aliphatic heterocycles. The smallest absolute Gasteiger partial charge is 0.240 e. The van der Waals surface area contributed by atoms with E-state index in [-0.39, 0.29) is 6.54 Å². The van der Waals surface area contributed by atoms with Crippen LogP contribution in [0.1, 0.15) is 11.1 Å². The minimum absolute atomic E-state index is 0.227. The van der Waals surface area contributed by atoms with Crippen molar-refractivity contribution in [2.75, 3.05) is 18.4 Å². The van der Waals surface area contributed by atoms with Crippen molar-refractivity contribution < 1.29 is 8.42 Å². The fraction of sp³-hybridized carbons (Fsp3) is 0.286. The topological polar surface area (TPSA) is 114 Å². The first kappa shape index (κ1) is 16.3. The summed E-state index contributed by atoms with van der Waals surface area (Å²) in [6, 6.07) is 8.79. The van der Waals surface area contributed by atoms with Gasteiger partial charge in [-0.2, -0.15) is 0 Å². The summed E-state index contributed by atoms with van der Waals surface area (Å²) in [5, 5.41) is 18.1. The minimum atomic E-state index is -3.54. The third-order valence-corrected chi connectivity index (χ3v) is 5.03. The monoisotopic (exact) mass is 347 g/mol. The average molecular weight is 347 g/mol. The first-order chi connectivity index (χ1) is 11.5. The maximum Gasteiger partial charge on any atom is 0.240 e. The van der Waals surface area contributed by atoms with Crippen LogP contribution in [0.25, 0.3) is 5.65 Å². The van der Waals surface area contributed by atoms with Gasteiger partial charge < -0.3 is 5.32 Å². The van der Waals surface area contributed by atoms with Crippen LogP contribution in [0.15, 0.2) is 35.2 Å². The third kappa shape index (κ3) is 3.49. The second-order valence-electron chi connectivity index (χ2n) is 5.34. The fourth-order valence-electron chi connectivity index (χ4n) is 2.19. The molecule has 0 aliphatic carbocycles. The molecule has 0 radical (unpaired) electrons. The van der Waals surface area contributed by atoms with Crippen molar-refractivity contribution in [3.8, 4) is 0 Å². The van der Waals surface area contributed by atoms with Gasteiger partial charge in [-0.1, -0.05) is 12.1 Å². The molecule has 3 rings (SSSR count). The molecule has 0 saturated carbocycles. The van der Waals surface area contributed by atoms with Gasteiger partial charge in [-0.05, 0) is 53.6 Å². The molecule has 0 fully saturated rings. The third-order valence-electron chi connectivity index (χ3n) is 3.43. The molecule has 0 unspecified atom stereocenters. The Morgan fingerprint density at radius 2 is 1.96 bits per heavy atom. The highest BCUT2D eigenvalue weighted by Crippen LogP contribution is 2.16. The quantitative estimate of drug-likeness (QED) is 0.625. The predicted molar refractivity (Wildman–Crippen MR) is 88.2 cm³/mol. The van der Waals surface area contributed by atoms with Gasteiger partial charge in [0, 0.05) is 13.1 Å². The molecule has 0 spiro atoms. The number of rotatable bonds is 6. The maximum atomic E-state index is 12.4. The zero-order chi connectivity index (χ0) is 17.2. The van der Waals surface area contributed by atoms with Crippen molar-refractivity contribution in [1.29, 1.82) is 0 Å². The number of aromatic nitrogens is 5. The predicted octanol–water partition coefficient (Wildman–Crippen LogP) is 0.527. The number of nitrogens with zero attached hydrogens (tertiary/aromatic N) is 5. The van der Waals surface area contributed by atoms with Crippen LogP contribution in [0.4, 0.5) is 5.82 Å². The number of tetrazole rings is 1. The van der Waals surface area contributed by atoms with E-state index in [2.05, 4.69) is 30.7 Å². The second-order valence-corrected chi connectivity index (χ2v) is 7.07. The van der Waals surface area contributed by atoms with Crippen molar-refractivity contribution in [2.45, 2.75) is 18.7 Å². The summed E-state index contributed by atoms with van der Waals surface area (Å²) in [5.41, 5.74) is 2.15. The normalized spacial score (nSPS) is 11.8. The number of nitrogens with one attached hydrogen (secondary N) is 2. The van der Waals surface area contributed by atoms with Gasteiger partial charge >= 0.3 is 0 Å². The highest BCUT2D eigenvalue weighted by atomic mass is 32.2. The molecular weight excluding hydrogens is 330 g/mol. The van der Waals surface area contributed by atoms with Crippen LogP contribution in [-0.4, -0.2) is 46.8 Å². The molecule has 3 aromatic rings. The van der Waals surface area contributed by atoms with E-state index in [1.54, 1.807) is 31.2 Å². The Bertz CT molecular complexity index is 968. The molecule has 0 bridgehead atoms. The molecule has 1 aromatic carbocycles. The molecule has 9 nitrogen and oxygen atoms in total. The summed E-state index contributed by atoms with van der Waals surface area (Å²) in [7, 11) is -3.54. The van der Waals surface area contributed by atoms with Gasteiger partial charge in [0.15, 0.2) is 5.65 Å². The van der Waals surface area contributed by atoms with Gasteiger partial charge in [-0.25, -0.2) is 13.1 Å². The lowest BCUT2D eigenvalue weighted by Crippen LogP contribution is -2.29. The van der Waals surface area contributed by atoms with Gasteiger partial charge in [0.2, 0.25) is 10.0 Å². The number of benzene rings is 1. The molecule has 10 heteroatoms. The van der Waals surface area contributed by atoms with Crippen molar-refractivity contribution in [2.24, 2.45) is 0 Å². The van der Waals surface area contributed by atoms with Gasteiger partial charge in [0.1, 0.15) is 5.82 Å². The first-order valence-electron chi connectivity index (χ1n) is 7.32. The summed E-state index contributed by atoms with van der Waals surface area (Å²) in [6.45, 7) is 4.24. The Hall–Kier alpha value is -2.59. The van der Waals surface area contributed by atoms with Gasteiger partial charge in [-0.3, -0.25) is 0 Å². The molecule has 126 valence electrons. The van der Waals surface area contributed by atoms with E-state index in [1.807, 2.05) is 13.0 Å². The summed E-state index contributed by atoms with van der Waals surface area (Å²) in [6.07, 6.45) is 0. The van der Waals surface area contributed by atoms with Crippen LogP contribution in [0.3, 0.4) is 0 Å². The Morgan fingerprint density at radius 1 is 1.12 bits per heavy atom.